The molecule has 16 heavy (non-hydrogen) atoms. The summed E-state index contributed by atoms with van der Waals surface area (Å²) in [6.07, 6.45) is 1.13. The highest BCUT2D eigenvalue weighted by Crippen LogP contribution is 2.14. The molecule has 0 aliphatic carbocycles. The summed E-state index contributed by atoms with van der Waals surface area (Å²) in [5, 5.41) is 0. The Bertz CT molecular complexity index is 494. The van der Waals surface area contributed by atoms with Crippen molar-refractivity contribution in [3.63, 3.8) is 0 Å². The number of hydrogen-bond donors (Lipinski definition) is 0. The molecule has 78 valence electrons. The van der Waals surface area contributed by atoms with Crippen LogP contribution in [0, 0.1) is 37.5 Å². The van der Waals surface area contributed by atoms with E-state index in [0.29, 0.717) is 12.6 Å². The lowest BCUT2D eigenvalue weighted by molar-refractivity contribution is -0.104. The molecule has 0 aliphatic rings. The normalized spacial score (nSPS) is 8.12. The van der Waals surface area contributed by atoms with Crippen molar-refractivity contribution in [3.8, 4) is 23.7 Å². The predicted octanol–water partition coefficient (Wildman–Crippen LogP) is 1.40. The van der Waals surface area contributed by atoms with E-state index < -0.39 is 0 Å². The Hall–Kier alpha value is -2.32. The van der Waals surface area contributed by atoms with Gasteiger partial charge in [0, 0.05) is 11.1 Å². The molecule has 0 amide bonds. The monoisotopic (exact) mass is 210 g/mol. The Morgan fingerprint density at radius 2 is 1.25 bits per heavy atom. The molecule has 0 atom stereocenters. The second-order valence-corrected chi connectivity index (χ2v) is 3.26. The first-order valence-electron chi connectivity index (χ1n) is 4.70. The van der Waals surface area contributed by atoms with Crippen molar-refractivity contribution < 1.29 is 9.59 Å². The maximum absolute atomic E-state index is 10.1. The topological polar surface area (TPSA) is 34.1 Å². The molecule has 0 aromatic heterocycles. The van der Waals surface area contributed by atoms with Crippen molar-refractivity contribution in [2.24, 2.45) is 0 Å². The highest BCUT2D eigenvalue weighted by molar-refractivity contribution is 5.75. The Balaban J connectivity index is 3.26. The summed E-state index contributed by atoms with van der Waals surface area (Å²) in [5.41, 5.74) is 3.49. The number of carbonyl (C=O) groups is 2. The van der Waals surface area contributed by atoms with Crippen LogP contribution in [0.15, 0.2) is 12.1 Å². The molecule has 0 unspecified atom stereocenters. The third-order valence-corrected chi connectivity index (χ3v) is 2.10. The van der Waals surface area contributed by atoms with Gasteiger partial charge in [0.05, 0.1) is 0 Å². The first kappa shape index (κ1) is 11.8. The second-order valence-electron chi connectivity index (χ2n) is 3.26. The summed E-state index contributed by atoms with van der Waals surface area (Å²) in [6, 6.07) is 3.72. The summed E-state index contributed by atoms with van der Waals surface area (Å²) in [6.45, 7) is 3.78. The van der Waals surface area contributed by atoms with E-state index in [0.717, 1.165) is 22.3 Å². The summed E-state index contributed by atoms with van der Waals surface area (Å²) >= 11 is 0. The van der Waals surface area contributed by atoms with Crippen LogP contribution in [-0.4, -0.2) is 12.6 Å². The van der Waals surface area contributed by atoms with Crippen LogP contribution in [0.5, 0.6) is 0 Å². The lowest BCUT2D eigenvalue weighted by Gasteiger charge is -2.03. The number of aldehydes is 2. The van der Waals surface area contributed by atoms with E-state index in [4.69, 9.17) is 0 Å². The Kier molecular flexibility index (Phi) is 4.07. The van der Waals surface area contributed by atoms with E-state index in [1.54, 1.807) is 0 Å². The zero-order chi connectivity index (χ0) is 12.0. The van der Waals surface area contributed by atoms with Crippen LogP contribution in [0.4, 0.5) is 0 Å². The number of carbonyl (C=O) groups excluding carboxylic acids is 2. The SMILES string of the molecule is Cc1cc(C#CC=O)c(C)cc1C#CC=O. The molecule has 0 fully saturated rings. The quantitative estimate of drug-likeness (QED) is 0.479. The van der Waals surface area contributed by atoms with Crippen molar-refractivity contribution in [2.75, 3.05) is 0 Å². The van der Waals surface area contributed by atoms with Gasteiger partial charge in [-0.3, -0.25) is 9.59 Å². The zero-order valence-corrected chi connectivity index (χ0v) is 9.13. The molecule has 0 heterocycles. The fraction of sp³-hybridized carbons (Fsp3) is 0.143. The van der Waals surface area contributed by atoms with Gasteiger partial charge in [-0.25, -0.2) is 0 Å². The minimum atomic E-state index is 0.564. The van der Waals surface area contributed by atoms with Gasteiger partial charge in [-0.2, -0.15) is 0 Å². The van der Waals surface area contributed by atoms with Crippen molar-refractivity contribution >= 4 is 12.6 Å². The first-order chi connectivity index (χ1) is 7.69. The van der Waals surface area contributed by atoms with Gasteiger partial charge in [0.1, 0.15) is 0 Å². The van der Waals surface area contributed by atoms with Gasteiger partial charge in [0.15, 0.2) is 12.6 Å². The van der Waals surface area contributed by atoms with Crippen molar-refractivity contribution in [3.05, 3.63) is 34.4 Å². The molecular formula is C14H10O2. The summed E-state index contributed by atoms with van der Waals surface area (Å²) < 4.78 is 0. The minimum Gasteiger partial charge on any atom is -0.289 e. The lowest BCUT2D eigenvalue weighted by Crippen LogP contribution is -1.89. The van der Waals surface area contributed by atoms with Gasteiger partial charge in [0.25, 0.3) is 0 Å². The molecule has 1 rings (SSSR count). The number of aryl methyl sites for hydroxylation is 2. The van der Waals surface area contributed by atoms with Gasteiger partial charge >= 0.3 is 0 Å². The molecule has 2 heteroatoms. The highest BCUT2D eigenvalue weighted by Gasteiger charge is 2.00. The van der Waals surface area contributed by atoms with E-state index in [9.17, 15) is 9.59 Å². The molecular weight excluding hydrogens is 200 g/mol. The average molecular weight is 210 g/mol. The summed E-state index contributed by atoms with van der Waals surface area (Å²) in [7, 11) is 0. The molecule has 0 spiro atoms. The van der Waals surface area contributed by atoms with Gasteiger partial charge in [0.2, 0.25) is 0 Å². The predicted molar refractivity (Wildman–Crippen MR) is 61.8 cm³/mol. The largest absolute Gasteiger partial charge is 0.289 e. The molecule has 1 aromatic rings. The van der Waals surface area contributed by atoms with Crippen LogP contribution in [0.3, 0.4) is 0 Å². The van der Waals surface area contributed by atoms with Crippen molar-refractivity contribution in [1.82, 2.24) is 0 Å². The van der Waals surface area contributed by atoms with Gasteiger partial charge in [-0.1, -0.05) is 11.8 Å². The standard InChI is InChI=1S/C14H10O2/c1-11-9-14(6-4-8-16)12(2)10-13(11)5-3-7-15/h7-10H,1-2H3. The van der Waals surface area contributed by atoms with Gasteiger partial charge in [-0.05, 0) is 48.9 Å². The molecule has 0 saturated heterocycles. The lowest BCUT2D eigenvalue weighted by atomic mass is 10.0. The molecule has 1 aromatic carbocycles. The van der Waals surface area contributed by atoms with E-state index in [1.165, 1.54) is 0 Å². The van der Waals surface area contributed by atoms with Gasteiger partial charge < -0.3 is 0 Å². The number of rotatable bonds is 0. The average Bonchev–Trinajstić information content (AvgIpc) is 2.28. The van der Waals surface area contributed by atoms with Crippen molar-refractivity contribution in [2.45, 2.75) is 13.8 Å². The van der Waals surface area contributed by atoms with Crippen LogP contribution < -0.4 is 0 Å². The molecule has 0 aliphatic heterocycles. The molecule has 0 bridgehead atoms. The smallest absolute Gasteiger partial charge is 0.193 e. The van der Waals surface area contributed by atoms with Crippen LogP contribution in [-0.2, 0) is 9.59 Å². The molecule has 2 nitrogen and oxygen atoms in total. The third kappa shape index (κ3) is 2.83. The molecule has 0 saturated carbocycles. The number of hydrogen-bond acceptors (Lipinski definition) is 2. The number of benzene rings is 1. The van der Waals surface area contributed by atoms with Crippen LogP contribution >= 0.6 is 0 Å². The van der Waals surface area contributed by atoms with E-state index in [2.05, 4.69) is 23.7 Å². The maximum atomic E-state index is 10.1. The van der Waals surface area contributed by atoms with Crippen LogP contribution in [0.2, 0.25) is 0 Å². The maximum Gasteiger partial charge on any atom is 0.193 e. The molecule has 0 radical (unpaired) electrons. The Labute approximate surface area is 94.7 Å². The Morgan fingerprint density at radius 1 is 0.875 bits per heavy atom. The first-order valence-corrected chi connectivity index (χ1v) is 4.70. The zero-order valence-electron chi connectivity index (χ0n) is 9.13. The van der Waals surface area contributed by atoms with E-state index in [-0.39, 0.29) is 0 Å². The second kappa shape index (κ2) is 5.53. The van der Waals surface area contributed by atoms with Crippen molar-refractivity contribution in [1.29, 1.82) is 0 Å². The minimum absolute atomic E-state index is 0.564. The fourth-order valence-electron chi connectivity index (χ4n) is 1.30. The molecule has 0 N–H and O–H groups in total. The van der Waals surface area contributed by atoms with Crippen LogP contribution in [0.1, 0.15) is 22.3 Å². The van der Waals surface area contributed by atoms with Gasteiger partial charge in [-0.15, -0.1) is 0 Å². The Morgan fingerprint density at radius 3 is 1.56 bits per heavy atom. The van der Waals surface area contributed by atoms with E-state index >= 15 is 0 Å². The summed E-state index contributed by atoms with van der Waals surface area (Å²) in [4.78, 5) is 20.3. The van der Waals surface area contributed by atoms with E-state index in [1.807, 2.05) is 26.0 Å². The van der Waals surface area contributed by atoms with Crippen LogP contribution in [0.25, 0.3) is 0 Å². The summed E-state index contributed by atoms with van der Waals surface area (Å²) in [5.74, 6) is 10.2. The fourth-order valence-corrected chi connectivity index (χ4v) is 1.30. The highest BCUT2D eigenvalue weighted by atomic mass is 16.1. The third-order valence-electron chi connectivity index (χ3n) is 2.10.